The Morgan fingerprint density at radius 1 is 1.36 bits per heavy atom. The number of aromatic hydroxyl groups is 1. The number of phenolic OH excluding ortho intramolecular Hbond substituents is 1. The van der Waals surface area contributed by atoms with Crippen molar-refractivity contribution in [3.8, 4) is 5.75 Å². The Balaban J connectivity index is 2.66. The lowest BCUT2D eigenvalue weighted by Gasteiger charge is -2.04. The van der Waals surface area contributed by atoms with Crippen molar-refractivity contribution >= 4 is 0 Å². The SMILES string of the molecule is CN(F)Cc1ccc(O)cc1. The second-order valence-electron chi connectivity index (χ2n) is 2.43. The van der Waals surface area contributed by atoms with E-state index in [2.05, 4.69) is 0 Å². The van der Waals surface area contributed by atoms with Gasteiger partial charge in [0.15, 0.2) is 0 Å². The summed E-state index contributed by atoms with van der Waals surface area (Å²) in [5, 5.41) is 9.47. The third kappa shape index (κ3) is 2.55. The molecule has 1 aromatic carbocycles. The molecule has 1 N–H and O–H groups in total. The van der Waals surface area contributed by atoms with Crippen LogP contribution < -0.4 is 0 Å². The summed E-state index contributed by atoms with van der Waals surface area (Å²) in [6.45, 7) is 0.250. The molecule has 0 saturated heterocycles. The molecule has 0 fully saturated rings. The first-order chi connectivity index (χ1) is 5.18. The molecule has 11 heavy (non-hydrogen) atoms. The highest BCUT2D eigenvalue weighted by Gasteiger charge is 1.96. The first-order valence-corrected chi connectivity index (χ1v) is 3.33. The highest BCUT2D eigenvalue weighted by Crippen LogP contribution is 2.10. The molecule has 2 nitrogen and oxygen atoms in total. The van der Waals surface area contributed by atoms with E-state index in [4.69, 9.17) is 5.11 Å². The summed E-state index contributed by atoms with van der Waals surface area (Å²) in [6.07, 6.45) is 0. The van der Waals surface area contributed by atoms with E-state index in [0.29, 0.717) is 5.12 Å². The predicted molar refractivity (Wildman–Crippen MR) is 40.7 cm³/mol. The average molecular weight is 155 g/mol. The van der Waals surface area contributed by atoms with Crippen molar-refractivity contribution in [1.29, 1.82) is 0 Å². The van der Waals surface area contributed by atoms with Gasteiger partial charge in [0, 0.05) is 7.05 Å². The number of phenols is 1. The lowest BCUT2D eigenvalue weighted by molar-refractivity contribution is 0.0505. The third-order valence-electron chi connectivity index (χ3n) is 1.34. The van der Waals surface area contributed by atoms with E-state index in [-0.39, 0.29) is 12.3 Å². The van der Waals surface area contributed by atoms with Crippen LogP contribution in [-0.2, 0) is 6.54 Å². The molecule has 0 aliphatic heterocycles. The second kappa shape index (κ2) is 3.34. The van der Waals surface area contributed by atoms with Gasteiger partial charge < -0.3 is 5.11 Å². The summed E-state index contributed by atoms with van der Waals surface area (Å²) in [7, 11) is 1.35. The molecule has 0 aliphatic carbocycles. The van der Waals surface area contributed by atoms with Gasteiger partial charge in [-0.15, -0.1) is 9.60 Å². The van der Waals surface area contributed by atoms with Crippen LogP contribution in [-0.4, -0.2) is 17.3 Å². The molecule has 0 radical (unpaired) electrons. The van der Waals surface area contributed by atoms with Crippen molar-refractivity contribution in [2.45, 2.75) is 6.54 Å². The Morgan fingerprint density at radius 3 is 2.36 bits per heavy atom. The van der Waals surface area contributed by atoms with Gasteiger partial charge in [-0.1, -0.05) is 12.1 Å². The van der Waals surface area contributed by atoms with Crippen LogP contribution in [0.25, 0.3) is 0 Å². The number of hydrogen-bond donors (Lipinski definition) is 1. The third-order valence-corrected chi connectivity index (χ3v) is 1.34. The van der Waals surface area contributed by atoms with Gasteiger partial charge in [-0.25, -0.2) is 0 Å². The molecule has 0 saturated carbocycles. The molecule has 0 bridgehead atoms. The van der Waals surface area contributed by atoms with Crippen molar-refractivity contribution in [3.63, 3.8) is 0 Å². The van der Waals surface area contributed by atoms with Gasteiger partial charge in [-0.2, -0.15) is 0 Å². The van der Waals surface area contributed by atoms with Crippen molar-refractivity contribution in [2.75, 3.05) is 7.05 Å². The van der Waals surface area contributed by atoms with Gasteiger partial charge in [0.1, 0.15) is 5.75 Å². The fraction of sp³-hybridized carbons (Fsp3) is 0.250. The number of benzene rings is 1. The largest absolute Gasteiger partial charge is 0.508 e. The van der Waals surface area contributed by atoms with Crippen LogP contribution in [0.4, 0.5) is 4.48 Å². The Kier molecular flexibility index (Phi) is 2.44. The monoisotopic (exact) mass is 155 g/mol. The van der Waals surface area contributed by atoms with E-state index < -0.39 is 0 Å². The molecular weight excluding hydrogens is 145 g/mol. The fourth-order valence-electron chi connectivity index (χ4n) is 0.853. The van der Waals surface area contributed by atoms with Crippen LogP contribution in [0.15, 0.2) is 24.3 Å². The standard InChI is InChI=1S/C8H10FNO/c1-10(9)6-7-2-4-8(11)5-3-7/h2-5,11H,6H2,1H3. The van der Waals surface area contributed by atoms with Crippen LogP contribution >= 0.6 is 0 Å². The maximum absolute atomic E-state index is 12.3. The topological polar surface area (TPSA) is 23.5 Å². The van der Waals surface area contributed by atoms with Crippen molar-refractivity contribution in [3.05, 3.63) is 29.8 Å². The van der Waals surface area contributed by atoms with E-state index in [1.54, 1.807) is 24.3 Å². The Labute approximate surface area is 64.8 Å². The van der Waals surface area contributed by atoms with E-state index in [1.165, 1.54) is 7.05 Å². The summed E-state index contributed by atoms with van der Waals surface area (Å²) in [4.78, 5) is 0. The quantitative estimate of drug-likeness (QED) is 0.657. The molecular formula is C8H10FNO. The number of hydrogen-bond acceptors (Lipinski definition) is 2. The zero-order chi connectivity index (χ0) is 8.27. The van der Waals surface area contributed by atoms with Crippen LogP contribution in [0.2, 0.25) is 0 Å². The van der Waals surface area contributed by atoms with E-state index in [9.17, 15) is 4.48 Å². The lowest BCUT2D eigenvalue weighted by Crippen LogP contribution is -2.04. The van der Waals surface area contributed by atoms with E-state index >= 15 is 0 Å². The maximum Gasteiger partial charge on any atom is 0.115 e. The zero-order valence-electron chi connectivity index (χ0n) is 6.29. The normalized spacial score (nSPS) is 10.5. The van der Waals surface area contributed by atoms with Crippen LogP contribution in [0.3, 0.4) is 0 Å². The highest BCUT2D eigenvalue weighted by atomic mass is 19.2. The van der Waals surface area contributed by atoms with Gasteiger partial charge in [0.05, 0.1) is 6.54 Å². The Hall–Kier alpha value is -1.09. The lowest BCUT2D eigenvalue weighted by atomic mass is 10.2. The Morgan fingerprint density at radius 2 is 1.91 bits per heavy atom. The molecule has 0 spiro atoms. The molecule has 0 heterocycles. The van der Waals surface area contributed by atoms with Crippen molar-refractivity contribution < 1.29 is 9.59 Å². The average Bonchev–Trinajstić information content (AvgIpc) is 1.93. The van der Waals surface area contributed by atoms with E-state index in [0.717, 1.165) is 5.56 Å². The highest BCUT2D eigenvalue weighted by molar-refractivity contribution is 5.25. The van der Waals surface area contributed by atoms with Gasteiger partial charge in [0.2, 0.25) is 0 Å². The molecule has 0 atom stereocenters. The minimum atomic E-state index is 0.204. The van der Waals surface area contributed by atoms with Crippen LogP contribution in [0, 0.1) is 0 Å². The smallest absolute Gasteiger partial charge is 0.115 e. The summed E-state index contributed by atoms with van der Waals surface area (Å²) < 4.78 is 12.3. The molecule has 60 valence electrons. The molecule has 0 unspecified atom stereocenters. The van der Waals surface area contributed by atoms with Gasteiger partial charge in [0.25, 0.3) is 0 Å². The van der Waals surface area contributed by atoms with Crippen LogP contribution in [0.5, 0.6) is 5.75 Å². The summed E-state index contributed by atoms with van der Waals surface area (Å²) in [5.41, 5.74) is 0.841. The Bertz CT molecular complexity index is 220. The van der Waals surface area contributed by atoms with Gasteiger partial charge in [-0.3, -0.25) is 0 Å². The zero-order valence-corrected chi connectivity index (χ0v) is 6.29. The predicted octanol–water partition coefficient (Wildman–Crippen LogP) is 1.71. The molecule has 1 rings (SSSR count). The molecule has 0 amide bonds. The first-order valence-electron chi connectivity index (χ1n) is 3.33. The minimum absolute atomic E-state index is 0.204. The van der Waals surface area contributed by atoms with Gasteiger partial charge in [-0.05, 0) is 17.7 Å². The molecule has 0 aromatic heterocycles. The van der Waals surface area contributed by atoms with Crippen molar-refractivity contribution in [1.82, 2.24) is 5.12 Å². The maximum atomic E-state index is 12.3. The number of nitrogens with zero attached hydrogens (tertiary/aromatic N) is 1. The van der Waals surface area contributed by atoms with E-state index in [1.807, 2.05) is 0 Å². The van der Waals surface area contributed by atoms with Gasteiger partial charge >= 0.3 is 0 Å². The first kappa shape index (κ1) is 8.01. The molecule has 3 heteroatoms. The minimum Gasteiger partial charge on any atom is -0.508 e. The molecule has 1 aromatic rings. The number of halogens is 1. The summed E-state index contributed by atoms with van der Waals surface area (Å²) >= 11 is 0. The summed E-state index contributed by atoms with van der Waals surface area (Å²) in [6, 6.07) is 6.45. The molecule has 0 aliphatic rings. The van der Waals surface area contributed by atoms with Crippen LogP contribution in [0.1, 0.15) is 5.56 Å². The second-order valence-corrected chi connectivity index (χ2v) is 2.43. The number of rotatable bonds is 2. The van der Waals surface area contributed by atoms with Crippen molar-refractivity contribution in [2.24, 2.45) is 0 Å². The summed E-state index contributed by atoms with van der Waals surface area (Å²) in [5.74, 6) is 0.204. The fourth-order valence-corrected chi connectivity index (χ4v) is 0.853.